The van der Waals surface area contributed by atoms with E-state index in [9.17, 15) is 9.59 Å². The summed E-state index contributed by atoms with van der Waals surface area (Å²) in [4.78, 5) is 32.2. The number of rotatable bonds is 8. The minimum absolute atomic E-state index is 0.00164. The van der Waals surface area contributed by atoms with Crippen molar-refractivity contribution in [1.82, 2.24) is 19.5 Å². The first kappa shape index (κ1) is 25.1. The molecule has 2 amide bonds. The van der Waals surface area contributed by atoms with Crippen LogP contribution in [0.3, 0.4) is 0 Å². The molecule has 0 radical (unpaired) electrons. The lowest BCUT2D eigenvalue weighted by molar-refractivity contribution is -0.117. The quantitative estimate of drug-likeness (QED) is 0.319. The highest BCUT2D eigenvalue weighted by Gasteiger charge is 2.30. The summed E-state index contributed by atoms with van der Waals surface area (Å²) in [7, 11) is 0. The van der Waals surface area contributed by atoms with Crippen LogP contribution in [0.5, 0.6) is 11.6 Å². The number of carbonyl (C=O) groups is 2. The number of carbonyl (C=O) groups excluding carboxylic acids is 2. The number of nitrogens with zero attached hydrogens (tertiary/aromatic N) is 4. The maximum Gasteiger partial charge on any atom is 0.255 e. The number of hydrogen-bond acceptors (Lipinski definition) is 6. The van der Waals surface area contributed by atoms with Gasteiger partial charge in [0.05, 0.1) is 6.20 Å². The molecule has 4 aromatic rings. The van der Waals surface area contributed by atoms with Crippen molar-refractivity contribution in [3.05, 3.63) is 77.5 Å². The Labute approximate surface area is 227 Å². The van der Waals surface area contributed by atoms with Crippen molar-refractivity contribution in [3.8, 4) is 11.6 Å². The summed E-state index contributed by atoms with van der Waals surface area (Å²) in [6, 6.07) is 16.9. The van der Waals surface area contributed by atoms with Crippen LogP contribution in [-0.4, -0.2) is 44.4 Å². The van der Waals surface area contributed by atoms with Gasteiger partial charge in [0.15, 0.2) is 11.5 Å². The van der Waals surface area contributed by atoms with Crippen LogP contribution in [0.15, 0.2) is 60.8 Å². The van der Waals surface area contributed by atoms with Crippen LogP contribution in [0.4, 0.5) is 11.5 Å². The summed E-state index contributed by atoms with van der Waals surface area (Å²) in [5.74, 6) is 1.35. The van der Waals surface area contributed by atoms with E-state index in [-0.39, 0.29) is 17.7 Å². The highest BCUT2D eigenvalue weighted by Crippen LogP contribution is 2.30. The highest BCUT2D eigenvalue weighted by atomic mass is 16.5. The molecule has 0 spiro atoms. The maximum absolute atomic E-state index is 13.3. The van der Waals surface area contributed by atoms with Crippen molar-refractivity contribution in [3.63, 3.8) is 0 Å². The summed E-state index contributed by atoms with van der Waals surface area (Å²) in [6.07, 6.45) is 7.23. The number of aryl methyl sites for hydroxylation is 1. The zero-order valence-corrected chi connectivity index (χ0v) is 22.0. The summed E-state index contributed by atoms with van der Waals surface area (Å²) in [5, 5.41) is 10.4. The predicted octanol–water partition coefficient (Wildman–Crippen LogP) is 5.42. The van der Waals surface area contributed by atoms with E-state index in [1.807, 2.05) is 49.4 Å². The van der Waals surface area contributed by atoms with Crippen molar-refractivity contribution < 1.29 is 14.3 Å². The summed E-state index contributed by atoms with van der Waals surface area (Å²) in [6.45, 7) is 4.87. The number of ether oxygens (including phenoxy) is 1. The molecule has 9 nitrogen and oxygen atoms in total. The van der Waals surface area contributed by atoms with Crippen LogP contribution in [0.25, 0.3) is 5.65 Å². The lowest BCUT2D eigenvalue weighted by Crippen LogP contribution is -2.30. The molecule has 39 heavy (non-hydrogen) atoms. The fraction of sp³-hybridized carbons (Fsp3) is 0.333. The Balaban J connectivity index is 1.16. The molecule has 0 unspecified atom stereocenters. The second-order valence-electron chi connectivity index (χ2n) is 10.4. The maximum atomic E-state index is 13.3. The number of piperidine rings is 1. The predicted molar refractivity (Wildman–Crippen MR) is 149 cm³/mol. The number of anilines is 2. The standard InChI is InChI=1S/C30H32N6O3/c1-20-9-12-23(39-28-14-13-27-32-26(19-36(27)34-28)33-29(37)21-10-11-21)17-25(20)31-30(38)24-8-4-3-7-22(24)18-35-15-5-2-6-16-35/h3-4,7-9,12-14,17,19,21H,2,5-6,10-11,15-16,18H2,1H3,(H,31,38)(H,33,37). The van der Waals surface area contributed by atoms with Crippen molar-refractivity contribution in [2.45, 2.75) is 45.6 Å². The zero-order chi connectivity index (χ0) is 26.8. The largest absolute Gasteiger partial charge is 0.438 e. The summed E-state index contributed by atoms with van der Waals surface area (Å²) >= 11 is 0. The molecular weight excluding hydrogens is 492 g/mol. The van der Waals surface area contributed by atoms with Gasteiger partial charge in [0.2, 0.25) is 11.8 Å². The zero-order valence-electron chi connectivity index (χ0n) is 22.0. The normalized spacial score (nSPS) is 15.7. The summed E-state index contributed by atoms with van der Waals surface area (Å²) in [5.41, 5.74) is 3.93. The molecule has 9 heteroatoms. The van der Waals surface area contributed by atoms with E-state index in [1.54, 1.807) is 22.8 Å². The molecule has 2 aliphatic rings. The van der Waals surface area contributed by atoms with Gasteiger partial charge in [-0.1, -0.05) is 30.7 Å². The number of imidazole rings is 1. The molecule has 2 aromatic heterocycles. The van der Waals surface area contributed by atoms with E-state index in [0.717, 1.165) is 43.6 Å². The van der Waals surface area contributed by atoms with Crippen LogP contribution in [-0.2, 0) is 11.3 Å². The van der Waals surface area contributed by atoms with E-state index >= 15 is 0 Å². The number of likely N-dealkylation sites (tertiary alicyclic amines) is 1. The van der Waals surface area contributed by atoms with E-state index in [2.05, 4.69) is 25.6 Å². The fourth-order valence-corrected chi connectivity index (χ4v) is 4.90. The van der Waals surface area contributed by atoms with Gasteiger partial charge in [-0.2, -0.15) is 0 Å². The van der Waals surface area contributed by atoms with E-state index in [4.69, 9.17) is 4.74 Å². The molecule has 0 bridgehead atoms. The van der Waals surface area contributed by atoms with Gasteiger partial charge in [0, 0.05) is 35.8 Å². The molecule has 1 saturated carbocycles. The molecular formula is C30H32N6O3. The average Bonchev–Trinajstić information content (AvgIpc) is 3.72. The number of hydrogen-bond donors (Lipinski definition) is 2. The number of nitrogens with one attached hydrogen (secondary N) is 2. The first-order valence-electron chi connectivity index (χ1n) is 13.6. The smallest absolute Gasteiger partial charge is 0.255 e. The van der Waals surface area contributed by atoms with Crippen LogP contribution < -0.4 is 15.4 Å². The van der Waals surface area contributed by atoms with Crippen LogP contribution >= 0.6 is 0 Å². The lowest BCUT2D eigenvalue weighted by Gasteiger charge is -2.27. The molecule has 200 valence electrons. The van der Waals surface area contributed by atoms with E-state index in [0.29, 0.717) is 34.3 Å². The Morgan fingerprint density at radius 1 is 1.00 bits per heavy atom. The minimum Gasteiger partial charge on any atom is -0.438 e. The van der Waals surface area contributed by atoms with Gasteiger partial charge in [-0.25, -0.2) is 9.50 Å². The van der Waals surface area contributed by atoms with Crippen molar-refractivity contribution >= 4 is 29.0 Å². The SMILES string of the molecule is Cc1ccc(Oc2ccc3nc(NC(=O)C4CC4)cn3n2)cc1NC(=O)c1ccccc1CN1CCCCC1. The Morgan fingerprint density at radius 2 is 1.82 bits per heavy atom. The monoisotopic (exact) mass is 524 g/mol. The highest BCUT2D eigenvalue weighted by molar-refractivity contribution is 6.05. The number of fused-ring (bicyclic) bond motifs is 1. The average molecular weight is 525 g/mol. The van der Waals surface area contributed by atoms with Crippen molar-refractivity contribution in [2.24, 2.45) is 5.92 Å². The number of benzene rings is 2. The number of amides is 2. The van der Waals surface area contributed by atoms with Gasteiger partial charge in [-0.3, -0.25) is 14.5 Å². The molecule has 1 aliphatic heterocycles. The molecule has 6 rings (SSSR count). The number of aromatic nitrogens is 3. The Bertz CT molecular complexity index is 1520. The van der Waals surface area contributed by atoms with Gasteiger partial charge in [-0.05, 0) is 75.0 Å². The van der Waals surface area contributed by atoms with Gasteiger partial charge in [0.25, 0.3) is 5.91 Å². The fourth-order valence-electron chi connectivity index (χ4n) is 4.90. The van der Waals surface area contributed by atoms with Gasteiger partial charge in [0.1, 0.15) is 5.75 Å². The second kappa shape index (κ2) is 10.9. The third kappa shape index (κ3) is 5.93. The molecule has 2 N–H and O–H groups in total. The molecule has 3 heterocycles. The van der Waals surface area contributed by atoms with Gasteiger partial charge >= 0.3 is 0 Å². The molecule has 1 saturated heterocycles. The van der Waals surface area contributed by atoms with Crippen LogP contribution in [0, 0.1) is 12.8 Å². The van der Waals surface area contributed by atoms with Crippen molar-refractivity contribution in [2.75, 3.05) is 23.7 Å². The van der Waals surface area contributed by atoms with E-state index in [1.165, 1.54) is 19.3 Å². The third-order valence-electron chi connectivity index (χ3n) is 7.28. The lowest BCUT2D eigenvalue weighted by atomic mass is 10.0. The van der Waals surface area contributed by atoms with Crippen LogP contribution in [0.2, 0.25) is 0 Å². The Kier molecular flexibility index (Phi) is 6.98. The molecule has 2 aromatic carbocycles. The first-order chi connectivity index (χ1) is 19.0. The minimum atomic E-state index is -0.137. The van der Waals surface area contributed by atoms with E-state index < -0.39 is 0 Å². The third-order valence-corrected chi connectivity index (χ3v) is 7.28. The van der Waals surface area contributed by atoms with Gasteiger partial charge < -0.3 is 15.4 Å². The van der Waals surface area contributed by atoms with Gasteiger partial charge in [-0.15, -0.1) is 5.10 Å². The Hall–Kier alpha value is -4.24. The Morgan fingerprint density at radius 3 is 2.64 bits per heavy atom. The summed E-state index contributed by atoms with van der Waals surface area (Å²) < 4.78 is 7.60. The molecule has 2 fully saturated rings. The van der Waals surface area contributed by atoms with Crippen molar-refractivity contribution in [1.29, 1.82) is 0 Å². The molecule has 0 atom stereocenters. The van der Waals surface area contributed by atoms with Crippen LogP contribution in [0.1, 0.15) is 53.6 Å². The first-order valence-corrected chi connectivity index (χ1v) is 13.6. The topological polar surface area (TPSA) is 101 Å². The molecule has 1 aliphatic carbocycles. The second-order valence-corrected chi connectivity index (χ2v) is 10.4.